The van der Waals surface area contributed by atoms with Crippen LogP contribution in [0.3, 0.4) is 0 Å². The Hall–Kier alpha value is -4.75. The van der Waals surface area contributed by atoms with Gasteiger partial charge in [0.25, 0.3) is 5.91 Å². The molecule has 2 heterocycles. The highest BCUT2D eigenvalue weighted by Gasteiger charge is 2.18. The molecule has 0 atom stereocenters. The third-order valence-electron chi connectivity index (χ3n) is 5.80. The Balaban J connectivity index is 1.50. The number of rotatable bonds is 7. The van der Waals surface area contributed by atoms with Gasteiger partial charge in [0.15, 0.2) is 0 Å². The fraction of sp³-hybridized carbons (Fsp3) is 0.222. The fourth-order valence-electron chi connectivity index (χ4n) is 3.98. The minimum atomic E-state index is -0.662. The molecule has 0 unspecified atom stereocenters. The van der Waals surface area contributed by atoms with Crippen molar-refractivity contribution < 1.29 is 14.6 Å². The largest absolute Gasteiger partial charge is 0.512 e. The number of aliphatic hydroxyl groups is 1. The van der Waals surface area contributed by atoms with Crippen molar-refractivity contribution in [2.24, 2.45) is 0 Å². The molecule has 1 aromatic heterocycles. The summed E-state index contributed by atoms with van der Waals surface area (Å²) in [6, 6.07) is 16.8. The van der Waals surface area contributed by atoms with E-state index in [4.69, 9.17) is 10.1 Å². The van der Waals surface area contributed by atoms with E-state index in [-0.39, 0.29) is 28.3 Å². The summed E-state index contributed by atoms with van der Waals surface area (Å²) in [6.45, 7) is 5.93. The summed E-state index contributed by atoms with van der Waals surface area (Å²) in [4.78, 5) is 23.7. The first-order valence-electron chi connectivity index (χ1n) is 11.7. The number of nitrogens with zero attached hydrogens (tertiary/aromatic N) is 4. The Kier molecular flexibility index (Phi) is 7.76. The molecule has 0 aliphatic carbocycles. The van der Waals surface area contributed by atoms with Crippen LogP contribution in [0.2, 0.25) is 0 Å². The lowest BCUT2D eigenvalue weighted by Gasteiger charge is -2.28. The van der Waals surface area contributed by atoms with E-state index in [1.165, 1.54) is 13.8 Å². The number of anilines is 4. The molecule has 4 N–H and O–H groups in total. The van der Waals surface area contributed by atoms with Crippen molar-refractivity contribution in [2.45, 2.75) is 13.8 Å². The van der Waals surface area contributed by atoms with Gasteiger partial charge in [-0.05, 0) is 56.3 Å². The van der Waals surface area contributed by atoms with Crippen LogP contribution in [-0.4, -0.2) is 53.0 Å². The van der Waals surface area contributed by atoms with Crippen molar-refractivity contribution in [1.82, 2.24) is 9.97 Å². The fourth-order valence-corrected chi connectivity index (χ4v) is 3.98. The molecule has 4 rings (SSSR count). The molecule has 37 heavy (non-hydrogen) atoms. The Labute approximate surface area is 214 Å². The molecule has 1 amide bonds. The maximum Gasteiger partial charge on any atom is 0.260 e. The molecule has 0 bridgehead atoms. The number of nitrogens with one attached hydrogen (secondary N) is 3. The summed E-state index contributed by atoms with van der Waals surface area (Å²) < 4.78 is 5.41. The molecular weight excluding hydrogens is 470 g/mol. The number of hydrogen-bond acceptors (Lipinski definition) is 9. The average molecular weight is 498 g/mol. The summed E-state index contributed by atoms with van der Waals surface area (Å²) in [5.41, 5.74) is 3.50. The van der Waals surface area contributed by atoms with Crippen molar-refractivity contribution >= 4 is 34.6 Å². The highest BCUT2D eigenvalue weighted by molar-refractivity contribution is 6.24. The number of aliphatic hydroxyl groups excluding tert-OH is 1. The highest BCUT2D eigenvalue weighted by Crippen LogP contribution is 2.26. The molecule has 1 aliphatic heterocycles. The van der Waals surface area contributed by atoms with E-state index in [1.54, 1.807) is 30.5 Å². The van der Waals surface area contributed by atoms with E-state index in [0.717, 1.165) is 37.7 Å². The predicted molar refractivity (Wildman–Crippen MR) is 142 cm³/mol. The summed E-state index contributed by atoms with van der Waals surface area (Å²) in [5, 5.41) is 32.9. The Bertz CT molecular complexity index is 1380. The lowest BCUT2D eigenvalue weighted by atomic mass is 10.1. The summed E-state index contributed by atoms with van der Waals surface area (Å²) in [7, 11) is 0. The van der Waals surface area contributed by atoms with Crippen molar-refractivity contribution in [3.8, 4) is 17.3 Å². The molecule has 1 aliphatic rings. The summed E-state index contributed by atoms with van der Waals surface area (Å²) in [5.74, 6) is -0.524. The second-order valence-electron chi connectivity index (χ2n) is 8.45. The van der Waals surface area contributed by atoms with Gasteiger partial charge in [-0.1, -0.05) is 6.07 Å². The molecule has 10 nitrogen and oxygen atoms in total. The molecular formula is C27H27N7O3. The zero-order chi connectivity index (χ0) is 26.4. The molecule has 0 radical (unpaired) electrons. The second kappa shape index (κ2) is 11.3. The van der Waals surface area contributed by atoms with Crippen molar-refractivity contribution in [3.05, 3.63) is 71.6 Å². The minimum absolute atomic E-state index is 0.0793. The van der Waals surface area contributed by atoms with Crippen LogP contribution in [-0.2, 0) is 9.53 Å². The quantitative estimate of drug-likeness (QED) is 0.213. The summed E-state index contributed by atoms with van der Waals surface area (Å²) in [6.07, 6.45) is 1.63. The van der Waals surface area contributed by atoms with Crippen LogP contribution < -0.4 is 15.5 Å². The van der Waals surface area contributed by atoms with Crippen LogP contribution in [0.25, 0.3) is 11.3 Å². The van der Waals surface area contributed by atoms with E-state index in [9.17, 15) is 15.2 Å². The van der Waals surface area contributed by atoms with Crippen molar-refractivity contribution in [2.75, 3.05) is 41.8 Å². The van der Waals surface area contributed by atoms with E-state index in [1.807, 2.05) is 24.3 Å². The molecule has 0 spiro atoms. The number of amides is 1. The average Bonchev–Trinajstić information content (AvgIpc) is 2.89. The van der Waals surface area contributed by atoms with Crippen LogP contribution in [0.5, 0.6) is 0 Å². The van der Waals surface area contributed by atoms with E-state index >= 15 is 0 Å². The number of benzene rings is 2. The number of nitriles is 1. The van der Waals surface area contributed by atoms with Gasteiger partial charge < -0.3 is 30.8 Å². The van der Waals surface area contributed by atoms with Crippen LogP contribution in [0.1, 0.15) is 19.4 Å². The smallest absolute Gasteiger partial charge is 0.260 e. The van der Waals surface area contributed by atoms with E-state index < -0.39 is 5.91 Å². The van der Waals surface area contributed by atoms with Crippen LogP contribution in [0, 0.1) is 16.7 Å². The van der Waals surface area contributed by atoms with Gasteiger partial charge >= 0.3 is 0 Å². The standard InChI is InChI=1S/C27H27N7O3/c1-17(29)25(18(2)35)26(36)32-23-8-3-19(15-20(23)16-28)24-9-10-30-27(33-24)31-21-4-6-22(7-5-21)34-11-13-37-14-12-34/h3-10,15,29,35H,11-14H2,1-2H3,(H,32,36)(H,30,31,33)/b25-18+,29-17?. The third-order valence-corrected chi connectivity index (χ3v) is 5.80. The molecule has 3 aromatic rings. The third kappa shape index (κ3) is 6.09. The first kappa shape index (κ1) is 25.3. The maximum atomic E-state index is 12.5. The SMILES string of the molecule is CC(=N)/C(C(=O)Nc1ccc(-c2ccnc(Nc3ccc(N4CCOCC4)cc3)n2)cc1C#N)=C(/C)O. The number of aromatic nitrogens is 2. The highest BCUT2D eigenvalue weighted by atomic mass is 16.5. The monoisotopic (exact) mass is 497 g/mol. The lowest BCUT2D eigenvalue weighted by molar-refractivity contribution is -0.112. The van der Waals surface area contributed by atoms with E-state index in [0.29, 0.717) is 17.2 Å². The van der Waals surface area contributed by atoms with Gasteiger partial charge in [-0.3, -0.25) is 4.79 Å². The Morgan fingerprint density at radius 1 is 1.14 bits per heavy atom. The zero-order valence-electron chi connectivity index (χ0n) is 20.6. The molecule has 2 aromatic carbocycles. The number of allylic oxidation sites excluding steroid dienone is 1. The molecule has 10 heteroatoms. The number of hydrogen-bond donors (Lipinski definition) is 4. The second-order valence-corrected chi connectivity index (χ2v) is 8.45. The van der Waals surface area contributed by atoms with Gasteiger partial charge in [0.2, 0.25) is 5.95 Å². The van der Waals surface area contributed by atoms with Crippen LogP contribution in [0.4, 0.5) is 23.0 Å². The first-order chi connectivity index (χ1) is 17.9. The van der Waals surface area contributed by atoms with Gasteiger partial charge in [0.1, 0.15) is 11.8 Å². The van der Waals surface area contributed by atoms with Crippen LogP contribution >= 0.6 is 0 Å². The van der Waals surface area contributed by atoms with Gasteiger partial charge in [0.05, 0.1) is 35.7 Å². The zero-order valence-corrected chi connectivity index (χ0v) is 20.6. The van der Waals surface area contributed by atoms with Gasteiger partial charge in [-0.25, -0.2) is 9.97 Å². The minimum Gasteiger partial charge on any atom is -0.512 e. The van der Waals surface area contributed by atoms with Gasteiger partial charge in [-0.15, -0.1) is 0 Å². The van der Waals surface area contributed by atoms with Gasteiger partial charge in [0, 0.05) is 41.9 Å². The number of carbonyl (C=O) groups is 1. The molecule has 188 valence electrons. The molecule has 0 saturated carbocycles. The number of ether oxygens (including phenoxy) is 1. The van der Waals surface area contributed by atoms with Crippen molar-refractivity contribution in [1.29, 1.82) is 10.7 Å². The van der Waals surface area contributed by atoms with Gasteiger partial charge in [-0.2, -0.15) is 5.26 Å². The Morgan fingerprint density at radius 3 is 2.51 bits per heavy atom. The van der Waals surface area contributed by atoms with E-state index in [2.05, 4.69) is 31.6 Å². The summed E-state index contributed by atoms with van der Waals surface area (Å²) >= 11 is 0. The predicted octanol–water partition coefficient (Wildman–Crippen LogP) is 4.41. The number of morpholine rings is 1. The first-order valence-corrected chi connectivity index (χ1v) is 11.7. The number of carbonyl (C=O) groups excluding carboxylic acids is 1. The van der Waals surface area contributed by atoms with Crippen LogP contribution in [0.15, 0.2) is 66.1 Å². The Morgan fingerprint density at radius 2 is 1.86 bits per heavy atom. The normalized spacial score (nSPS) is 13.8. The maximum absolute atomic E-state index is 12.5. The topological polar surface area (TPSA) is 147 Å². The van der Waals surface area contributed by atoms with Crippen molar-refractivity contribution in [3.63, 3.8) is 0 Å². The molecule has 1 saturated heterocycles. The lowest BCUT2D eigenvalue weighted by Crippen LogP contribution is -2.36. The molecule has 1 fully saturated rings.